The Hall–Kier alpha value is -5.48. The normalized spacial score (nSPS) is 19.1. The first-order valence-corrected chi connectivity index (χ1v) is 21.7. The summed E-state index contributed by atoms with van der Waals surface area (Å²) in [6.45, 7) is 23.5. The van der Waals surface area contributed by atoms with Crippen LogP contribution in [0, 0.1) is 19.8 Å². The Labute approximate surface area is 342 Å². The fraction of sp³-hybridized carbons (Fsp3) is 0.333. The maximum absolute atomic E-state index is 5.81. The predicted octanol–water partition coefficient (Wildman–Crippen LogP) is 13.2. The monoisotopic (exact) mass is 759 g/mol. The molecule has 0 radical (unpaired) electrons. The molecule has 2 atom stereocenters. The van der Waals surface area contributed by atoms with Crippen LogP contribution in [0.15, 0.2) is 103 Å². The molecule has 58 heavy (non-hydrogen) atoms. The van der Waals surface area contributed by atoms with E-state index in [1.807, 2.05) is 0 Å². The van der Waals surface area contributed by atoms with E-state index in [0.717, 1.165) is 30.6 Å². The van der Waals surface area contributed by atoms with E-state index in [4.69, 9.17) is 4.98 Å². The zero-order valence-electron chi connectivity index (χ0n) is 35.9. The van der Waals surface area contributed by atoms with Crippen molar-refractivity contribution in [1.29, 1.82) is 0 Å². The van der Waals surface area contributed by atoms with Crippen molar-refractivity contribution < 1.29 is 4.57 Å². The van der Waals surface area contributed by atoms with Gasteiger partial charge in [-0.1, -0.05) is 122 Å². The van der Waals surface area contributed by atoms with Crippen molar-refractivity contribution in [3.05, 3.63) is 142 Å². The van der Waals surface area contributed by atoms with Crippen LogP contribution in [0.5, 0.6) is 0 Å². The molecule has 2 aliphatic heterocycles. The number of nitrogens with zero attached hydrogens (tertiary/aromatic N) is 4. The van der Waals surface area contributed by atoms with Crippen LogP contribution in [0.1, 0.15) is 113 Å². The number of hydrogen-bond donors (Lipinski definition) is 0. The Morgan fingerprint density at radius 2 is 1.57 bits per heavy atom. The summed E-state index contributed by atoms with van der Waals surface area (Å²) in [5.41, 5.74) is 19.3. The number of fused-ring (bicyclic) bond motifs is 8. The van der Waals surface area contributed by atoms with Crippen molar-refractivity contribution in [3.8, 4) is 16.8 Å². The summed E-state index contributed by atoms with van der Waals surface area (Å²) in [5, 5.41) is 3.95. The molecule has 0 bridgehead atoms. The fourth-order valence-corrected chi connectivity index (χ4v) is 11.4. The van der Waals surface area contributed by atoms with E-state index in [2.05, 4.69) is 186 Å². The van der Waals surface area contributed by atoms with Crippen molar-refractivity contribution in [2.75, 3.05) is 0 Å². The molecule has 0 saturated heterocycles. The van der Waals surface area contributed by atoms with Crippen LogP contribution in [0.4, 0.5) is 0 Å². The van der Waals surface area contributed by atoms with Gasteiger partial charge < -0.3 is 4.57 Å². The van der Waals surface area contributed by atoms with Crippen LogP contribution in [0.25, 0.3) is 66.2 Å². The van der Waals surface area contributed by atoms with E-state index in [-0.39, 0.29) is 16.4 Å². The molecule has 0 amide bonds. The third kappa shape index (κ3) is 4.52. The summed E-state index contributed by atoms with van der Waals surface area (Å²) in [4.78, 5) is 5.81. The molecule has 0 spiro atoms. The zero-order chi connectivity index (χ0) is 40.2. The predicted molar refractivity (Wildman–Crippen MR) is 243 cm³/mol. The highest BCUT2D eigenvalue weighted by molar-refractivity contribution is 6.14. The summed E-state index contributed by atoms with van der Waals surface area (Å²) in [6.07, 6.45) is 12.3. The molecule has 290 valence electrons. The smallest absolute Gasteiger partial charge is 0.299 e. The fourth-order valence-electron chi connectivity index (χ4n) is 11.4. The van der Waals surface area contributed by atoms with Gasteiger partial charge in [0.1, 0.15) is 5.54 Å². The Kier molecular flexibility index (Phi) is 7.26. The van der Waals surface area contributed by atoms with E-state index in [0.29, 0.717) is 11.8 Å². The van der Waals surface area contributed by atoms with E-state index in [1.165, 1.54) is 94.1 Å². The third-order valence-corrected chi connectivity index (χ3v) is 14.9. The number of allylic oxidation sites excluding steroid dienone is 4. The van der Waals surface area contributed by atoms with Gasteiger partial charge in [-0.15, -0.1) is 0 Å². The average molecular weight is 760 g/mol. The quantitative estimate of drug-likeness (QED) is 0.164. The third-order valence-electron chi connectivity index (χ3n) is 14.9. The van der Waals surface area contributed by atoms with Crippen LogP contribution >= 0.6 is 0 Å². The van der Waals surface area contributed by atoms with Gasteiger partial charge in [0, 0.05) is 39.5 Å². The van der Waals surface area contributed by atoms with Crippen LogP contribution in [0.2, 0.25) is 0 Å². The van der Waals surface area contributed by atoms with Crippen LogP contribution in [0.3, 0.4) is 0 Å². The van der Waals surface area contributed by atoms with Gasteiger partial charge in [-0.3, -0.25) is 0 Å². The molecule has 2 unspecified atom stereocenters. The standard InChI is InChI=1S/C54H55N4/c1-11-54(12-2)30-35-21-23-38(48-47(35)50-57(51(55-48)52(6,7)8)45-25-32(4)33(5)26-46(45)58(50)54)34-22-24-43-39(27-34)40-28-36(37-18-14-13-17-31(37)3)29-42-49(40)56(43)44-20-16-15-19-41(44)53(42,9)10/h13-29,31,37H,11-12,30H2,1-10H3/q+1. The Morgan fingerprint density at radius 3 is 2.33 bits per heavy atom. The molecule has 5 heterocycles. The summed E-state index contributed by atoms with van der Waals surface area (Å²) in [6, 6.07) is 31.0. The molecule has 0 N–H and O–H groups in total. The number of hydrogen-bond acceptors (Lipinski definition) is 1. The van der Waals surface area contributed by atoms with Gasteiger partial charge in [-0.25, -0.2) is 9.55 Å². The molecule has 0 saturated carbocycles. The molecule has 3 aliphatic rings. The first kappa shape index (κ1) is 35.7. The van der Waals surface area contributed by atoms with Crippen molar-refractivity contribution in [1.82, 2.24) is 14.0 Å². The molecule has 3 aromatic heterocycles. The minimum atomic E-state index is -0.192. The van der Waals surface area contributed by atoms with E-state index < -0.39 is 0 Å². The van der Waals surface area contributed by atoms with Crippen molar-refractivity contribution in [2.24, 2.45) is 5.92 Å². The molecule has 0 fully saturated rings. The van der Waals surface area contributed by atoms with E-state index in [9.17, 15) is 0 Å². The molecule has 4 nitrogen and oxygen atoms in total. The van der Waals surface area contributed by atoms with Crippen molar-refractivity contribution in [2.45, 2.75) is 111 Å². The van der Waals surface area contributed by atoms with Gasteiger partial charge in [0.05, 0.1) is 27.6 Å². The number of benzene rings is 5. The first-order valence-electron chi connectivity index (χ1n) is 21.7. The van der Waals surface area contributed by atoms with E-state index >= 15 is 0 Å². The lowest BCUT2D eigenvalue weighted by Gasteiger charge is -2.35. The highest BCUT2D eigenvalue weighted by Crippen LogP contribution is 2.50. The molecule has 5 aromatic carbocycles. The summed E-state index contributed by atoms with van der Waals surface area (Å²) < 4.78 is 7.84. The molecular weight excluding hydrogens is 705 g/mol. The lowest BCUT2D eigenvalue weighted by molar-refractivity contribution is -0.721. The van der Waals surface area contributed by atoms with Crippen LogP contribution < -0.4 is 4.57 Å². The lowest BCUT2D eigenvalue weighted by atomic mass is 9.72. The second-order valence-corrected chi connectivity index (χ2v) is 19.5. The average Bonchev–Trinajstić information content (AvgIpc) is 3.72. The second kappa shape index (κ2) is 11.8. The maximum atomic E-state index is 5.81. The van der Waals surface area contributed by atoms with Crippen LogP contribution in [-0.2, 0) is 22.8 Å². The molecule has 8 aromatic rings. The number of para-hydroxylation sites is 1. The number of rotatable bonds is 4. The van der Waals surface area contributed by atoms with Gasteiger partial charge in [-0.05, 0) is 108 Å². The van der Waals surface area contributed by atoms with Gasteiger partial charge in [-0.2, -0.15) is 4.40 Å². The van der Waals surface area contributed by atoms with Gasteiger partial charge in [0.2, 0.25) is 5.82 Å². The van der Waals surface area contributed by atoms with Gasteiger partial charge >= 0.3 is 0 Å². The van der Waals surface area contributed by atoms with Crippen LogP contribution in [-0.4, -0.2) is 14.0 Å². The van der Waals surface area contributed by atoms with Crippen molar-refractivity contribution >= 4 is 49.4 Å². The number of aryl methyl sites for hydroxylation is 2. The molecule has 1 aliphatic carbocycles. The largest absolute Gasteiger partial charge is 0.309 e. The lowest BCUT2D eigenvalue weighted by Crippen LogP contribution is -2.58. The Bertz CT molecular complexity index is 3170. The maximum Gasteiger partial charge on any atom is 0.299 e. The molecule has 11 rings (SSSR count). The highest BCUT2D eigenvalue weighted by Gasteiger charge is 2.46. The zero-order valence-corrected chi connectivity index (χ0v) is 35.9. The minimum Gasteiger partial charge on any atom is -0.309 e. The second-order valence-electron chi connectivity index (χ2n) is 19.5. The van der Waals surface area contributed by atoms with Gasteiger partial charge in [0.25, 0.3) is 5.65 Å². The van der Waals surface area contributed by atoms with Crippen molar-refractivity contribution in [3.63, 3.8) is 0 Å². The first-order chi connectivity index (χ1) is 27.8. The topological polar surface area (TPSA) is 26.1 Å². The highest BCUT2D eigenvalue weighted by atomic mass is 15.2. The Balaban J connectivity index is 1.26. The summed E-state index contributed by atoms with van der Waals surface area (Å²) in [7, 11) is 0. The molecular formula is C54H55N4+. The SMILES string of the molecule is CCC1(CC)Cc2ccc(-c3ccc4c(c3)c3cc(C5C=CC=CC5C)cc5c3n4-c3ccccc3C5(C)C)c3nc(C(C)(C)C)n4c5cc(C)c(C)cc5[n+]1c4c23. The Morgan fingerprint density at radius 1 is 0.810 bits per heavy atom. The molecule has 4 heteroatoms. The van der Waals surface area contributed by atoms with Gasteiger partial charge in [0.15, 0.2) is 11.0 Å². The van der Waals surface area contributed by atoms with E-state index in [1.54, 1.807) is 0 Å². The minimum absolute atomic E-state index is 0.0139. The summed E-state index contributed by atoms with van der Waals surface area (Å²) in [5.74, 6) is 1.88. The summed E-state index contributed by atoms with van der Waals surface area (Å²) >= 11 is 0. The number of imidazole rings is 1. The number of aromatic nitrogens is 4.